The lowest BCUT2D eigenvalue weighted by atomic mass is 10.00. The van der Waals surface area contributed by atoms with Crippen LogP contribution in [0.4, 0.5) is 4.79 Å². The third kappa shape index (κ3) is 4.00. The number of rotatable bonds is 2. The molecule has 1 aliphatic rings. The molecule has 1 amide bonds. The third-order valence-corrected chi connectivity index (χ3v) is 2.76. The van der Waals surface area contributed by atoms with E-state index in [-0.39, 0.29) is 12.1 Å². The van der Waals surface area contributed by atoms with E-state index in [0.717, 1.165) is 25.8 Å². The van der Waals surface area contributed by atoms with E-state index in [9.17, 15) is 4.79 Å². The normalized spacial score (nSPS) is 22.0. The molecule has 0 radical (unpaired) electrons. The van der Waals surface area contributed by atoms with Gasteiger partial charge in [0.05, 0.1) is 0 Å². The van der Waals surface area contributed by atoms with Crippen molar-refractivity contribution in [1.82, 2.24) is 4.90 Å². The van der Waals surface area contributed by atoms with E-state index >= 15 is 0 Å². The second-order valence-electron chi connectivity index (χ2n) is 5.40. The minimum Gasteiger partial charge on any atom is -0.444 e. The highest BCUT2D eigenvalue weighted by Gasteiger charge is 2.29. The lowest BCUT2D eigenvalue weighted by molar-refractivity contribution is 0.00919. The van der Waals surface area contributed by atoms with Crippen molar-refractivity contribution in [2.45, 2.75) is 58.1 Å². The molecule has 4 heteroatoms. The first kappa shape index (κ1) is 13.3. The van der Waals surface area contributed by atoms with Crippen LogP contribution in [0.3, 0.4) is 0 Å². The Kier molecular flexibility index (Phi) is 4.59. The maximum Gasteiger partial charge on any atom is 0.410 e. The summed E-state index contributed by atoms with van der Waals surface area (Å²) in [5.41, 5.74) is 5.16. The van der Waals surface area contributed by atoms with Crippen molar-refractivity contribution >= 4 is 6.09 Å². The summed E-state index contributed by atoms with van der Waals surface area (Å²) in [5.74, 6) is 0. The highest BCUT2D eigenvalue weighted by Crippen LogP contribution is 2.21. The zero-order valence-corrected chi connectivity index (χ0v) is 10.7. The number of hydrogen-bond donors (Lipinski definition) is 1. The van der Waals surface area contributed by atoms with Crippen molar-refractivity contribution in [2.75, 3.05) is 13.1 Å². The SMILES string of the molecule is CC(C)(C)OC(=O)N1CCCCC1CCN. The minimum atomic E-state index is -0.415. The smallest absolute Gasteiger partial charge is 0.410 e. The summed E-state index contributed by atoms with van der Waals surface area (Å²) in [6, 6.07) is 0.272. The van der Waals surface area contributed by atoms with Crippen LogP contribution >= 0.6 is 0 Å². The number of carbonyl (C=O) groups excluding carboxylic acids is 1. The number of ether oxygens (including phenoxy) is 1. The molecule has 1 rings (SSSR count). The second kappa shape index (κ2) is 5.53. The van der Waals surface area contributed by atoms with Crippen LogP contribution < -0.4 is 5.73 Å². The molecular weight excluding hydrogens is 204 g/mol. The fourth-order valence-corrected chi connectivity index (χ4v) is 2.05. The lowest BCUT2D eigenvalue weighted by Crippen LogP contribution is -2.46. The molecule has 1 atom stereocenters. The van der Waals surface area contributed by atoms with Gasteiger partial charge < -0.3 is 15.4 Å². The summed E-state index contributed by atoms with van der Waals surface area (Å²) in [6.07, 6.45) is 3.99. The van der Waals surface area contributed by atoms with Gasteiger partial charge >= 0.3 is 6.09 Å². The molecule has 1 saturated heterocycles. The summed E-state index contributed by atoms with van der Waals surface area (Å²) in [4.78, 5) is 13.8. The fraction of sp³-hybridized carbons (Fsp3) is 0.917. The Labute approximate surface area is 98.1 Å². The van der Waals surface area contributed by atoms with E-state index < -0.39 is 5.60 Å². The molecule has 0 aromatic heterocycles. The summed E-state index contributed by atoms with van der Waals surface area (Å²) >= 11 is 0. The second-order valence-corrected chi connectivity index (χ2v) is 5.40. The number of likely N-dealkylation sites (tertiary alicyclic amines) is 1. The molecule has 94 valence electrons. The summed E-state index contributed by atoms with van der Waals surface area (Å²) in [7, 11) is 0. The van der Waals surface area contributed by atoms with Crippen LogP contribution in [0.25, 0.3) is 0 Å². The first-order chi connectivity index (χ1) is 7.44. The van der Waals surface area contributed by atoms with Crippen molar-refractivity contribution in [3.05, 3.63) is 0 Å². The average Bonchev–Trinajstić information content (AvgIpc) is 2.16. The first-order valence-corrected chi connectivity index (χ1v) is 6.14. The van der Waals surface area contributed by atoms with E-state index in [4.69, 9.17) is 10.5 Å². The first-order valence-electron chi connectivity index (χ1n) is 6.14. The Morgan fingerprint density at radius 1 is 1.44 bits per heavy atom. The monoisotopic (exact) mass is 228 g/mol. The number of nitrogens with zero attached hydrogens (tertiary/aromatic N) is 1. The molecule has 0 aromatic carbocycles. The van der Waals surface area contributed by atoms with E-state index in [1.165, 1.54) is 6.42 Å². The highest BCUT2D eigenvalue weighted by atomic mass is 16.6. The zero-order chi connectivity index (χ0) is 12.2. The highest BCUT2D eigenvalue weighted by molar-refractivity contribution is 5.68. The Morgan fingerprint density at radius 2 is 2.12 bits per heavy atom. The van der Waals surface area contributed by atoms with Gasteiger partial charge in [-0.15, -0.1) is 0 Å². The maximum atomic E-state index is 12.0. The topological polar surface area (TPSA) is 55.6 Å². The van der Waals surface area contributed by atoms with Crippen molar-refractivity contribution in [3.8, 4) is 0 Å². The zero-order valence-electron chi connectivity index (χ0n) is 10.7. The van der Waals surface area contributed by atoms with Crippen molar-refractivity contribution in [3.63, 3.8) is 0 Å². The summed E-state index contributed by atoms with van der Waals surface area (Å²) in [5, 5.41) is 0. The predicted octanol–water partition coefficient (Wildman–Crippen LogP) is 2.12. The Balaban J connectivity index is 2.57. The molecule has 1 fully saturated rings. The third-order valence-electron chi connectivity index (χ3n) is 2.76. The van der Waals surface area contributed by atoms with Gasteiger partial charge in [0.25, 0.3) is 0 Å². The van der Waals surface area contributed by atoms with Crippen molar-refractivity contribution in [2.24, 2.45) is 5.73 Å². The molecule has 2 N–H and O–H groups in total. The van der Waals surface area contributed by atoms with Crippen LogP contribution in [-0.2, 0) is 4.74 Å². The van der Waals surface area contributed by atoms with Crippen LogP contribution in [0.2, 0.25) is 0 Å². The molecule has 0 aliphatic carbocycles. The van der Waals surface area contributed by atoms with Crippen LogP contribution in [0.15, 0.2) is 0 Å². The molecule has 16 heavy (non-hydrogen) atoms. The summed E-state index contributed by atoms with van der Waals surface area (Å²) in [6.45, 7) is 7.12. The fourth-order valence-electron chi connectivity index (χ4n) is 2.05. The summed E-state index contributed by atoms with van der Waals surface area (Å²) < 4.78 is 5.40. The van der Waals surface area contributed by atoms with Gasteiger partial charge in [-0.25, -0.2) is 4.79 Å². The quantitative estimate of drug-likeness (QED) is 0.787. The van der Waals surface area contributed by atoms with Crippen LogP contribution in [0.5, 0.6) is 0 Å². The Morgan fingerprint density at radius 3 is 2.69 bits per heavy atom. The van der Waals surface area contributed by atoms with Gasteiger partial charge in [0.2, 0.25) is 0 Å². The van der Waals surface area contributed by atoms with E-state index in [1.807, 2.05) is 25.7 Å². The van der Waals surface area contributed by atoms with Gasteiger partial charge in [0.1, 0.15) is 5.60 Å². The molecule has 0 bridgehead atoms. The number of amides is 1. The maximum absolute atomic E-state index is 12.0. The van der Waals surface area contributed by atoms with Gasteiger partial charge in [0.15, 0.2) is 0 Å². The van der Waals surface area contributed by atoms with Crippen molar-refractivity contribution < 1.29 is 9.53 Å². The molecule has 1 heterocycles. The van der Waals surface area contributed by atoms with Gasteiger partial charge in [-0.1, -0.05) is 0 Å². The van der Waals surface area contributed by atoms with Gasteiger partial charge in [-0.3, -0.25) is 0 Å². The van der Waals surface area contributed by atoms with Crippen molar-refractivity contribution in [1.29, 1.82) is 0 Å². The molecule has 0 spiro atoms. The number of hydrogen-bond acceptors (Lipinski definition) is 3. The van der Waals surface area contributed by atoms with E-state index in [0.29, 0.717) is 6.54 Å². The van der Waals surface area contributed by atoms with Crippen LogP contribution in [0.1, 0.15) is 46.5 Å². The Hall–Kier alpha value is -0.770. The molecule has 4 nitrogen and oxygen atoms in total. The Bertz CT molecular complexity index is 234. The molecule has 1 unspecified atom stereocenters. The van der Waals surface area contributed by atoms with Gasteiger partial charge in [0, 0.05) is 12.6 Å². The molecule has 0 aromatic rings. The van der Waals surface area contributed by atoms with Gasteiger partial charge in [-0.2, -0.15) is 0 Å². The molecular formula is C12H24N2O2. The average molecular weight is 228 g/mol. The van der Waals surface area contributed by atoms with Crippen LogP contribution in [-0.4, -0.2) is 35.7 Å². The lowest BCUT2D eigenvalue weighted by Gasteiger charge is -2.36. The number of piperidine rings is 1. The standard InChI is InChI=1S/C12H24N2O2/c1-12(2,3)16-11(15)14-9-5-4-6-10(14)7-8-13/h10H,4-9,13H2,1-3H3. The molecule has 1 aliphatic heterocycles. The minimum absolute atomic E-state index is 0.189. The van der Waals surface area contributed by atoms with Crippen LogP contribution in [0, 0.1) is 0 Å². The molecule has 0 saturated carbocycles. The predicted molar refractivity (Wildman–Crippen MR) is 64.3 cm³/mol. The van der Waals surface area contributed by atoms with E-state index in [1.54, 1.807) is 0 Å². The number of carbonyl (C=O) groups is 1. The van der Waals surface area contributed by atoms with E-state index in [2.05, 4.69) is 0 Å². The largest absolute Gasteiger partial charge is 0.444 e. The van der Waals surface area contributed by atoms with Gasteiger partial charge in [-0.05, 0) is 53.0 Å². The number of nitrogens with two attached hydrogens (primary N) is 1.